The molecule has 0 aromatic heterocycles. The first-order chi connectivity index (χ1) is 14.5. The van der Waals surface area contributed by atoms with Crippen molar-refractivity contribution in [1.82, 2.24) is 5.32 Å². The van der Waals surface area contributed by atoms with Crippen molar-refractivity contribution in [2.24, 2.45) is 0 Å². The molecule has 0 spiro atoms. The molecule has 0 saturated carbocycles. The smallest absolute Gasteiger partial charge is 0.254 e. The molecule has 1 heterocycles. The van der Waals surface area contributed by atoms with Crippen molar-refractivity contribution >= 4 is 46.6 Å². The molecule has 1 amide bonds. The van der Waals surface area contributed by atoms with Crippen molar-refractivity contribution in [3.63, 3.8) is 0 Å². The van der Waals surface area contributed by atoms with E-state index in [1.54, 1.807) is 42.1 Å². The van der Waals surface area contributed by atoms with Gasteiger partial charge in [-0.25, -0.2) is 0 Å². The van der Waals surface area contributed by atoms with Crippen LogP contribution >= 0.6 is 35.0 Å². The lowest BCUT2D eigenvalue weighted by atomic mass is 9.82. The number of thioether (sulfide) groups is 1. The van der Waals surface area contributed by atoms with Crippen molar-refractivity contribution in [2.75, 3.05) is 11.1 Å². The van der Waals surface area contributed by atoms with E-state index in [-0.39, 0.29) is 5.91 Å². The summed E-state index contributed by atoms with van der Waals surface area (Å²) in [7, 11) is 0. The van der Waals surface area contributed by atoms with Gasteiger partial charge in [0.1, 0.15) is 0 Å². The third-order valence-corrected chi connectivity index (χ3v) is 6.48. The fourth-order valence-corrected chi connectivity index (χ4v) is 4.61. The Morgan fingerprint density at radius 1 is 1.20 bits per heavy atom. The third kappa shape index (κ3) is 4.84. The summed E-state index contributed by atoms with van der Waals surface area (Å²) in [6.07, 6.45) is 0.970. The summed E-state index contributed by atoms with van der Waals surface area (Å²) < 4.78 is 0. The number of allylic oxidation sites excluding steroid dienone is 2. The van der Waals surface area contributed by atoms with Gasteiger partial charge in [-0.3, -0.25) is 4.79 Å². The molecular weight excluding hydrogens is 437 g/mol. The molecule has 30 heavy (non-hydrogen) atoms. The summed E-state index contributed by atoms with van der Waals surface area (Å²) >= 11 is 14.0. The minimum atomic E-state index is -0.559. The fourth-order valence-electron chi connectivity index (χ4n) is 3.28. The maximum absolute atomic E-state index is 13.3. The first-order valence-corrected chi connectivity index (χ1v) is 11.3. The highest BCUT2D eigenvalue weighted by Crippen LogP contribution is 2.43. The molecule has 0 radical (unpaired) electrons. The largest absolute Gasteiger partial charge is 0.353 e. The Labute approximate surface area is 191 Å². The molecule has 154 valence electrons. The maximum Gasteiger partial charge on any atom is 0.254 e. The number of carbonyl (C=O) groups excluding carboxylic acids is 1. The van der Waals surface area contributed by atoms with Crippen molar-refractivity contribution in [2.45, 2.75) is 26.2 Å². The molecule has 2 aromatic carbocycles. The summed E-state index contributed by atoms with van der Waals surface area (Å²) in [6, 6.07) is 16.5. The number of hydrogen-bond acceptors (Lipinski definition) is 4. The molecule has 0 saturated heterocycles. The molecular formula is C23H21Cl2N3OS. The summed E-state index contributed by atoms with van der Waals surface area (Å²) in [6.45, 7) is 3.93. The Morgan fingerprint density at radius 3 is 2.53 bits per heavy atom. The maximum atomic E-state index is 13.3. The number of hydrogen-bond donors (Lipinski definition) is 2. The molecule has 2 aromatic rings. The van der Waals surface area contributed by atoms with Gasteiger partial charge in [0.2, 0.25) is 0 Å². The van der Waals surface area contributed by atoms with E-state index < -0.39 is 5.92 Å². The minimum Gasteiger partial charge on any atom is -0.353 e. The van der Waals surface area contributed by atoms with E-state index in [4.69, 9.17) is 23.2 Å². The van der Waals surface area contributed by atoms with E-state index in [0.717, 1.165) is 22.8 Å². The average molecular weight is 458 g/mol. The van der Waals surface area contributed by atoms with Crippen LogP contribution in [0.3, 0.4) is 0 Å². The lowest BCUT2D eigenvalue weighted by Crippen LogP contribution is -2.30. The zero-order valence-corrected chi connectivity index (χ0v) is 19.0. The first-order valence-electron chi connectivity index (χ1n) is 9.52. The Bertz CT molecular complexity index is 1050. The standard InChI is InChI=1S/C23H21Cl2N3OS/c1-3-12-30-23-18(13-26)21(17-6-4-5-7-19(17)25)20(14(2)27-23)22(29)28-16-10-8-15(24)9-11-16/h4-11,21,27H,3,12H2,1-2H3,(H,28,29)/t21-/m0/s1. The number of nitrogens with zero attached hydrogens (tertiary/aromatic N) is 1. The minimum absolute atomic E-state index is 0.292. The van der Waals surface area contributed by atoms with Gasteiger partial charge in [-0.15, -0.1) is 11.8 Å². The lowest BCUT2D eigenvalue weighted by Gasteiger charge is -2.30. The Hall–Kier alpha value is -2.39. The molecule has 2 N–H and O–H groups in total. The van der Waals surface area contributed by atoms with Gasteiger partial charge in [0.25, 0.3) is 5.91 Å². The van der Waals surface area contributed by atoms with Gasteiger partial charge in [0.15, 0.2) is 0 Å². The number of amides is 1. The highest BCUT2D eigenvalue weighted by Gasteiger charge is 2.35. The van der Waals surface area contributed by atoms with Crippen LogP contribution in [0.4, 0.5) is 5.69 Å². The highest BCUT2D eigenvalue weighted by atomic mass is 35.5. The molecule has 4 nitrogen and oxygen atoms in total. The molecule has 7 heteroatoms. The van der Waals surface area contributed by atoms with Crippen LogP contribution in [0.15, 0.2) is 70.4 Å². The zero-order chi connectivity index (χ0) is 21.7. The number of benzene rings is 2. The quantitative estimate of drug-likeness (QED) is 0.521. The number of dihydropyridines is 1. The average Bonchev–Trinajstić information content (AvgIpc) is 2.73. The van der Waals surface area contributed by atoms with Gasteiger partial charge in [0.05, 0.1) is 22.6 Å². The SMILES string of the molecule is CCCSC1=C(C#N)[C@H](c2ccccc2Cl)C(C(=O)Nc2ccc(Cl)cc2)=C(C)N1. The molecule has 0 aliphatic carbocycles. The van der Waals surface area contributed by atoms with E-state index in [0.29, 0.717) is 32.6 Å². The topological polar surface area (TPSA) is 64.9 Å². The molecule has 1 aliphatic heterocycles. The second-order valence-corrected chi connectivity index (χ2v) is 8.73. The molecule has 1 atom stereocenters. The van der Waals surface area contributed by atoms with Crippen LogP contribution in [0, 0.1) is 11.3 Å². The summed E-state index contributed by atoms with van der Waals surface area (Å²) in [4.78, 5) is 13.3. The van der Waals surface area contributed by atoms with Gasteiger partial charge >= 0.3 is 0 Å². The van der Waals surface area contributed by atoms with Crippen molar-refractivity contribution in [3.8, 4) is 6.07 Å². The Morgan fingerprint density at radius 2 is 1.90 bits per heavy atom. The predicted molar refractivity (Wildman–Crippen MR) is 125 cm³/mol. The van der Waals surface area contributed by atoms with Crippen LogP contribution in [0.1, 0.15) is 31.7 Å². The summed E-state index contributed by atoms with van der Waals surface area (Å²) in [5.74, 6) is 0.0126. The normalized spacial score (nSPS) is 16.2. The summed E-state index contributed by atoms with van der Waals surface area (Å²) in [5.41, 5.74) is 3.01. The highest BCUT2D eigenvalue weighted by molar-refractivity contribution is 8.03. The summed E-state index contributed by atoms with van der Waals surface area (Å²) in [5, 5.41) is 18.1. The van der Waals surface area contributed by atoms with Crippen LogP contribution < -0.4 is 10.6 Å². The number of carbonyl (C=O) groups is 1. The van der Waals surface area contributed by atoms with Gasteiger partial charge in [-0.2, -0.15) is 5.26 Å². The second-order valence-electron chi connectivity index (χ2n) is 6.78. The van der Waals surface area contributed by atoms with Crippen LogP contribution in [-0.4, -0.2) is 11.7 Å². The predicted octanol–water partition coefficient (Wildman–Crippen LogP) is 6.47. The Balaban J connectivity index is 2.07. The zero-order valence-electron chi connectivity index (χ0n) is 16.6. The van der Waals surface area contributed by atoms with E-state index in [1.165, 1.54) is 0 Å². The van der Waals surface area contributed by atoms with Gasteiger partial charge < -0.3 is 10.6 Å². The van der Waals surface area contributed by atoms with Crippen LogP contribution in [0.2, 0.25) is 10.0 Å². The molecule has 0 unspecified atom stereocenters. The number of anilines is 1. The number of nitrogens with one attached hydrogen (secondary N) is 2. The molecule has 0 bridgehead atoms. The van der Waals surface area contributed by atoms with Gasteiger partial charge in [-0.1, -0.05) is 48.3 Å². The van der Waals surface area contributed by atoms with E-state index in [1.807, 2.05) is 25.1 Å². The van der Waals surface area contributed by atoms with E-state index in [2.05, 4.69) is 23.6 Å². The van der Waals surface area contributed by atoms with Crippen molar-refractivity contribution in [3.05, 3.63) is 86.0 Å². The lowest BCUT2D eigenvalue weighted by molar-refractivity contribution is -0.113. The van der Waals surface area contributed by atoms with E-state index in [9.17, 15) is 10.1 Å². The third-order valence-electron chi connectivity index (χ3n) is 4.66. The van der Waals surface area contributed by atoms with Crippen LogP contribution in [-0.2, 0) is 4.79 Å². The van der Waals surface area contributed by atoms with Crippen LogP contribution in [0.25, 0.3) is 0 Å². The van der Waals surface area contributed by atoms with Gasteiger partial charge in [0, 0.05) is 27.0 Å². The second kappa shape index (κ2) is 10.1. The molecule has 0 fully saturated rings. The number of rotatable bonds is 6. The van der Waals surface area contributed by atoms with Gasteiger partial charge in [-0.05, 0) is 55.0 Å². The number of halogens is 2. The number of nitriles is 1. The molecule has 3 rings (SSSR count). The van der Waals surface area contributed by atoms with E-state index >= 15 is 0 Å². The molecule has 1 aliphatic rings. The Kier molecular flexibility index (Phi) is 7.49. The monoisotopic (exact) mass is 457 g/mol. The van der Waals surface area contributed by atoms with Crippen molar-refractivity contribution < 1.29 is 4.79 Å². The first kappa shape index (κ1) is 22.3. The van der Waals surface area contributed by atoms with Crippen LogP contribution in [0.5, 0.6) is 0 Å². The fraction of sp³-hybridized carbons (Fsp3) is 0.217. The van der Waals surface area contributed by atoms with Crippen molar-refractivity contribution in [1.29, 1.82) is 5.26 Å².